The van der Waals surface area contributed by atoms with Crippen molar-refractivity contribution < 1.29 is 13.9 Å². The Labute approximate surface area is 191 Å². The molecule has 0 spiro atoms. The SMILES string of the molecule is COc1ccc(CNC2CCC(Cn3cnc(-c4cc(C(N)=O)nc(C)n4)n3)CC2)c(F)c1. The van der Waals surface area contributed by atoms with E-state index in [4.69, 9.17) is 10.5 Å². The normalized spacial score (nSPS) is 18.3. The number of carbonyl (C=O) groups is 1. The van der Waals surface area contributed by atoms with E-state index in [2.05, 4.69) is 25.4 Å². The first-order valence-corrected chi connectivity index (χ1v) is 11.0. The Kier molecular flexibility index (Phi) is 6.93. The van der Waals surface area contributed by atoms with Gasteiger partial charge in [-0.25, -0.2) is 19.3 Å². The Bertz CT molecular complexity index is 1130. The molecule has 0 bridgehead atoms. The van der Waals surface area contributed by atoms with E-state index in [1.54, 1.807) is 25.4 Å². The standard InChI is InChI=1S/C23H28FN7O2/c1-14-28-20(22(25)32)10-21(29-14)23-27-13-31(30-23)12-15-3-6-17(7-4-15)26-11-16-5-8-18(33-2)9-19(16)24/h5,8-10,13,15,17,26H,3-4,6-7,11-12H2,1-2H3,(H2,25,32). The third kappa shape index (κ3) is 5.70. The number of methoxy groups -OCH3 is 1. The smallest absolute Gasteiger partial charge is 0.267 e. The van der Waals surface area contributed by atoms with Crippen molar-refractivity contribution in [3.8, 4) is 17.3 Å². The number of hydrogen-bond donors (Lipinski definition) is 2. The Balaban J connectivity index is 1.29. The lowest BCUT2D eigenvalue weighted by atomic mass is 9.86. The van der Waals surface area contributed by atoms with Crippen molar-refractivity contribution in [2.24, 2.45) is 11.7 Å². The average Bonchev–Trinajstić information content (AvgIpc) is 3.27. The molecule has 10 heteroatoms. The number of rotatable bonds is 8. The van der Waals surface area contributed by atoms with Crippen LogP contribution in [0.1, 0.15) is 47.6 Å². The Hall–Kier alpha value is -3.40. The molecule has 1 aliphatic carbocycles. The number of nitrogens with one attached hydrogen (secondary N) is 1. The number of nitrogens with zero attached hydrogens (tertiary/aromatic N) is 5. The number of benzene rings is 1. The second kappa shape index (κ2) is 10.0. The van der Waals surface area contributed by atoms with E-state index in [1.807, 2.05) is 4.68 Å². The quantitative estimate of drug-likeness (QED) is 0.538. The molecule has 1 amide bonds. The summed E-state index contributed by atoms with van der Waals surface area (Å²) in [6, 6.07) is 6.84. The summed E-state index contributed by atoms with van der Waals surface area (Å²) in [5, 5.41) is 8.01. The molecule has 1 fully saturated rings. The number of aromatic nitrogens is 5. The first-order chi connectivity index (χ1) is 15.9. The fraction of sp³-hybridized carbons (Fsp3) is 0.435. The summed E-state index contributed by atoms with van der Waals surface area (Å²) in [4.78, 5) is 24.2. The highest BCUT2D eigenvalue weighted by molar-refractivity contribution is 5.91. The highest BCUT2D eigenvalue weighted by Crippen LogP contribution is 2.26. The summed E-state index contributed by atoms with van der Waals surface area (Å²) in [7, 11) is 1.53. The van der Waals surface area contributed by atoms with Gasteiger partial charge in [0.2, 0.25) is 0 Å². The summed E-state index contributed by atoms with van der Waals surface area (Å²) in [5.41, 5.74) is 6.61. The first kappa shape index (κ1) is 22.8. The third-order valence-corrected chi connectivity index (χ3v) is 5.99. The van der Waals surface area contributed by atoms with Crippen LogP contribution in [0, 0.1) is 18.7 Å². The zero-order chi connectivity index (χ0) is 23.4. The van der Waals surface area contributed by atoms with Gasteiger partial charge in [0.25, 0.3) is 5.91 Å². The van der Waals surface area contributed by atoms with Gasteiger partial charge in [0.15, 0.2) is 5.82 Å². The van der Waals surface area contributed by atoms with Crippen molar-refractivity contribution in [3.05, 3.63) is 53.5 Å². The van der Waals surface area contributed by atoms with E-state index >= 15 is 0 Å². The minimum absolute atomic E-state index is 0.147. The van der Waals surface area contributed by atoms with Crippen LogP contribution in [0.2, 0.25) is 0 Å². The lowest BCUT2D eigenvalue weighted by molar-refractivity contribution is 0.0995. The van der Waals surface area contributed by atoms with Gasteiger partial charge in [-0.15, -0.1) is 5.10 Å². The number of primary amides is 1. The van der Waals surface area contributed by atoms with Gasteiger partial charge < -0.3 is 15.8 Å². The second-order valence-electron chi connectivity index (χ2n) is 8.40. The van der Waals surface area contributed by atoms with Gasteiger partial charge in [-0.3, -0.25) is 9.48 Å². The van der Waals surface area contributed by atoms with Gasteiger partial charge in [0.1, 0.15) is 35.1 Å². The van der Waals surface area contributed by atoms with E-state index in [-0.39, 0.29) is 11.5 Å². The molecule has 0 radical (unpaired) electrons. The molecular weight excluding hydrogens is 425 g/mol. The van der Waals surface area contributed by atoms with Crippen LogP contribution in [0.25, 0.3) is 11.5 Å². The minimum atomic E-state index is -0.610. The molecule has 0 aliphatic heterocycles. The summed E-state index contributed by atoms with van der Waals surface area (Å²) in [6.07, 6.45) is 5.84. The van der Waals surface area contributed by atoms with E-state index in [0.29, 0.717) is 47.2 Å². The molecule has 2 heterocycles. The van der Waals surface area contributed by atoms with E-state index in [9.17, 15) is 9.18 Å². The molecule has 2 aromatic heterocycles. The molecule has 3 N–H and O–H groups in total. The molecule has 3 aromatic rings. The summed E-state index contributed by atoms with van der Waals surface area (Å²) < 4.78 is 21.0. The first-order valence-electron chi connectivity index (χ1n) is 11.0. The van der Waals surface area contributed by atoms with Gasteiger partial charge in [0.05, 0.1) is 7.11 Å². The number of halogens is 1. The zero-order valence-corrected chi connectivity index (χ0v) is 18.8. The van der Waals surface area contributed by atoms with Crippen molar-refractivity contribution in [1.82, 2.24) is 30.0 Å². The van der Waals surface area contributed by atoms with Crippen molar-refractivity contribution >= 4 is 5.91 Å². The molecule has 0 saturated heterocycles. The Morgan fingerprint density at radius 2 is 2.03 bits per heavy atom. The van der Waals surface area contributed by atoms with Crippen LogP contribution in [0.3, 0.4) is 0 Å². The number of ether oxygens (including phenoxy) is 1. The summed E-state index contributed by atoms with van der Waals surface area (Å²) in [6.45, 7) is 2.96. The van der Waals surface area contributed by atoms with Crippen LogP contribution in [-0.2, 0) is 13.1 Å². The van der Waals surface area contributed by atoms with Gasteiger partial charge in [0, 0.05) is 30.8 Å². The molecule has 4 rings (SSSR count). The molecule has 1 saturated carbocycles. The van der Waals surface area contributed by atoms with Gasteiger partial charge >= 0.3 is 0 Å². The van der Waals surface area contributed by atoms with Crippen LogP contribution in [0.15, 0.2) is 30.6 Å². The molecule has 33 heavy (non-hydrogen) atoms. The number of nitrogens with two attached hydrogens (primary N) is 1. The molecular formula is C23H28FN7O2. The van der Waals surface area contributed by atoms with Crippen LogP contribution in [0.5, 0.6) is 5.75 Å². The lowest BCUT2D eigenvalue weighted by Crippen LogP contribution is -2.33. The van der Waals surface area contributed by atoms with Gasteiger partial charge in [-0.2, -0.15) is 0 Å². The number of aryl methyl sites for hydroxylation is 1. The maximum Gasteiger partial charge on any atom is 0.267 e. The molecule has 0 atom stereocenters. The highest BCUT2D eigenvalue weighted by atomic mass is 19.1. The second-order valence-corrected chi connectivity index (χ2v) is 8.40. The maximum absolute atomic E-state index is 14.1. The third-order valence-electron chi connectivity index (χ3n) is 5.99. The number of hydrogen-bond acceptors (Lipinski definition) is 7. The Morgan fingerprint density at radius 3 is 2.73 bits per heavy atom. The summed E-state index contributed by atoms with van der Waals surface area (Å²) >= 11 is 0. The molecule has 1 aliphatic rings. The summed E-state index contributed by atoms with van der Waals surface area (Å²) in [5.74, 6) is 1.04. The average molecular weight is 454 g/mol. The van der Waals surface area contributed by atoms with Gasteiger partial charge in [-0.1, -0.05) is 6.07 Å². The zero-order valence-electron chi connectivity index (χ0n) is 18.8. The van der Waals surface area contributed by atoms with Crippen LogP contribution in [0.4, 0.5) is 4.39 Å². The topological polar surface area (TPSA) is 121 Å². The maximum atomic E-state index is 14.1. The fourth-order valence-electron chi connectivity index (χ4n) is 4.17. The number of carbonyl (C=O) groups excluding carboxylic acids is 1. The van der Waals surface area contributed by atoms with Crippen LogP contribution in [-0.4, -0.2) is 43.8 Å². The predicted molar refractivity (Wildman–Crippen MR) is 120 cm³/mol. The van der Waals surface area contributed by atoms with E-state index < -0.39 is 5.91 Å². The van der Waals surface area contributed by atoms with Crippen molar-refractivity contribution in [2.45, 2.75) is 51.7 Å². The van der Waals surface area contributed by atoms with Crippen molar-refractivity contribution in [1.29, 1.82) is 0 Å². The van der Waals surface area contributed by atoms with Crippen LogP contribution < -0.4 is 15.8 Å². The van der Waals surface area contributed by atoms with Crippen molar-refractivity contribution in [3.63, 3.8) is 0 Å². The lowest BCUT2D eigenvalue weighted by Gasteiger charge is -2.29. The Morgan fingerprint density at radius 1 is 1.24 bits per heavy atom. The highest BCUT2D eigenvalue weighted by Gasteiger charge is 2.22. The van der Waals surface area contributed by atoms with E-state index in [1.165, 1.54) is 19.2 Å². The fourth-order valence-corrected chi connectivity index (χ4v) is 4.17. The predicted octanol–water partition coefficient (Wildman–Crippen LogP) is 2.64. The molecule has 0 unspecified atom stereocenters. The monoisotopic (exact) mass is 453 g/mol. The van der Waals surface area contributed by atoms with E-state index in [0.717, 1.165) is 32.2 Å². The van der Waals surface area contributed by atoms with Crippen LogP contribution >= 0.6 is 0 Å². The molecule has 1 aromatic carbocycles. The molecule has 174 valence electrons. The van der Waals surface area contributed by atoms with Gasteiger partial charge in [-0.05, 0) is 50.7 Å². The molecule has 9 nitrogen and oxygen atoms in total. The minimum Gasteiger partial charge on any atom is -0.497 e. The largest absolute Gasteiger partial charge is 0.497 e. The number of amides is 1. The van der Waals surface area contributed by atoms with Crippen molar-refractivity contribution in [2.75, 3.05) is 7.11 Å².